The average Bonchev–Trinajstić information content (AvgIpc) is 3.91. The number of hydrogen-bond acceptors (Lipinski definition) is 9. The Morgan fingerprint density at radius 1 is 1.00 bits per heavy atom. The van der Waals surface area contributed by atoms with Crippen LogP contribution in [0.5, 0.6) is 0 Å². The molecule has 0 spiro atoms. The molecule has 6 aromatic rings. The lowest BCUT2D eigenvalue weighted by atomic mass is 9.82. The summed E-state index contributed by atoms with van der Waals surface area (Å²) in [5.74, 6) is 0.727. The number of aliphatic hydroxyl groups is 1. The normalized spacial score (nSPS) is 20.6. The number of anilines is 1. The van der Waals surface area contributed by atoms with Crippen molar-refractivity contribution in [1.29, 1.82) is 5.26 Å². The molecule has 2 saturated heterocycles. The van der Waals surface area contributed by atoms with Gasteiger partial charge in [-0.3, -0.25) is 9.58 Å². The molecule has 0 bridgehead atoms. The second-order valence-corrected chi connectivity index (χ2v) is 13.3. The highest BCUT2D eigenvalue weighted by molar-refractivity contribution is 5.87. The second kappa shape index (κ2) is 11.3. The fraction of sp³-hybridized carbons (Fsp3) is 0.237. The number of carbonyl (C=O) groups is 1. The van der Waals surface area contributed by atoms with E-state index < -0.39 is 17.7 Å². The topological polar surface area (TPSA) is 137 Å². The third-order valence-electron chi connectivity index (χ3n) is 10.7. The first-order chi connectivity index (χ1) is 24.4. The van der Waals surface area contributed by atoms with E-state index in [1.165, 1.54) is 0 Å². The van der Waals surface area contributed by atoms with Gasteiger partial charge >= 0.3 is 6.09 Å². The molecule has 2 N–H and O–H groups in total. The third-order valence-corrected chi connectivity index (χ3v) is 10.7. The summed E-state index contributed by atoms with van der Waals surface area (Å²) in [5, 5.41) is 33.1. The monoisotopic (exact) mass is 663 g/mol. The molecule has 1 aliphatic carbocycles. The highest BCUT2D eigenvalue weighted by Gasteiger charge is 2.61. The van der Waals surface area contributed by atoms with E-state index in [-0.39, 0.29) is 18.7 Å². The number of amides is 1. The maximum atomic E-state index is 14.0. The Labute approximate surface area is 287 Å². The number of aliphatic hydroxyl groups excluding tert-OH is 1. The number of nitriles is 1. The van der Waals surface area contributed by atoms with Gasteiger partial charge in [-0.15, -0.1) is 0 Å². The van der Waals surface area contributed by atoms with Crippen molar-refractivity contribution in [2.45, 2.75) is 23.7 Å². The maximum Gasteiger partial charge on any atom is 0.411 e. The SMILES string of the molecule is CN(C(=O)OC1c2ccccc2-c2ccccc21)C1(CO)CN[C@H]2CN(c3ccc(-c4cc(-c5cnn(C)c5)cn5ncc(C#N)c45)cn3)[C@H]21. The zero-order valence-corrected chi connectivity index (χ0v) is 27.4. The van der Waals surface area contributed by atoms with E-state index in [1.807, 2.05) is 74.0 Å². The largest absolute Gasteiger partial charge is 0.436 e. The molecule has 1 amide bonds. The van der Waals surface area contributed by atoms with Gasteiger partial charge in [-0.2, -0.15) is 15.5 Å². The molecular formula is C38H33N9O3. The van der Waals surface area contributed by atoms with Gasteiger partial charge in [0.2, 0.25) is 0 Å². The number of benzene rings is 2. The van der Waals surface area contributed by atoms with E-state index in [9.17, 15) is 15.2 Å². The number of likely N-dealkylation sites (N-methyl/N-ethyl adjacent to an activating group) is 1. The number of rotatable bonds is 6. The molecular weight excluding hydrogens is 630 g/mol. The van der Waals surface area contributed by atoms with Gasteiger partial charge in [0.05, 0.1) is 36.1 Å². The number of fused-ring (bicyclic) bond motifs is 5. The minimum Gasteiger partial charge on any atom is -0.436 e. The zero-order valence-electron chi connectivity index (χ0n) is 27.4. The van der Waals surface area contributed by atoms with E-state index in [0.29, 0.717) is 24.2 Å². The summed E-state index contributed by atoms with van der Waals surface area (Å²) in [6, 6.07) is 24.1. The van der Waals surface area contributed by atoms with E-state index >= 15 is 0 Å². The molecule has 1 unspecified atom stereocenters. The number of carbonyl (C=O) groups excluding carboxylic acids is 1. The molecule has 2 aliphatic heterocycles. The van der Waals surface area contributed by atoms with Gasteiger partial charge in [0.15, 0.2) is 6.10 Å². The summed E-state index contributed by atoms with van der Waals surface area (Å²) >= 11 is 0. The minimum absolute atomic E-state index is 0.0626. The van der Waals surface area contributed by atoms with Crippen molar-refractivity contribution in [3.05, 3.63) is 114 Å². The van der Waals surface area contributed by atoms with Crippen molar-refractivity contribution in [1.82, 2.24) is 34.6 Å². The Bertz CT molecular complexity index is 2300. The highest BCUT2D eigenvalue weighted by Crippen LogP contribution is 2.46. The Balaban J connectivity index is 1.00. The lowest BCUT2D eigenvalue weighted by Gasteiger charge is -2.53. The van der Waals surface area contributed by atoms with Crippen LogP contribution in [0.1, 0.15) is 22.8 Å². The van der Waals surface area contributed by atoms with Crippen molar-refractivity contribution in [2.24, 2.45) is 7.05 Å². The number of nitrogens with zero attached hydrogens (tertiary/aromatic N) is 8. The Morgan fingerprint density at radius 2 is 1.76 bits per heavy atom. The average molecular weight is 664 g/mol. The number of hydrogen-bond donors (Lipinski definition) is 2. The quantitative estimate of drug-likeness (QED) is 0.266. The second-order valence-electron chi connectivity index (χ2n) is 13.3. The summed E-state index contributed by atoms with van der Waals surface area (Å²) < 4.78 is 9.72. The van der Waals surface area contributed by atoms with E-state index in [1.54, 1.807) is 39.7 Å². The van der Waals surface area contributed by atoms with Crippen LogP contribution >= 0.6 is 0 Å². The Morgan fingerprint density at radius 3 is 2.42 bits per heavy atom. The first kappa shape index (κ1) is 30.1. The number of ether oxygens (including phenoxy) is 1. The molecule has 0 radical (unpaired) electrons. The Hall–Kier alpha value is -6.03. The van der Waals surface area contributed by atoms with Crippen LogP contribution in [0.25, 0.3) is 38.9 Å². The molecule has 2 fully saturated rings. The number of nitrogens with one attached hydrogen (secondary N) is 1. The highest BCUT2D eigenvalue weighted by atomic mass is 16.6. The smallest absolute Gasteiger partial charge is 0.411 e. The summed E-state index contributed by atoms with van der Waals surface area (Å²) in [6.45, 7) is 0.831. The fourth-order valence-electron chi connectivity index (χ4n) is 8.03. The number of aryl methyl sites for hydroxylation is 1. The lowest BCUT2D eigenvalue weighted by molar-refractivity contribution is 0.0142. The Kier molecular flexibility index (Phi) is 6.77. The van der Waals surface area contributed by atoms with Crippen molar-refractivity contribution in [3.63, 3.8) is 0 Å². The summed E-state index contributed by atoms with van der Waals surface area (Å²) in [5.41, 5.74) is 7.74. The molecule has 12 heteroatoms. The summed E-state index contributed by atoms with van der Waals surface area (Å²) in [4.78, 5) is 22.5. The fourth-order valence-corrected chi connectivity index (χ4v) is 8.03. The van der Waals surface area contributed by atoms with Gasteiger partial charge < -0.3 is 20.1 Å². The van der Waals surface area contributed by atoms with Crippen LogP contribution in [0.15, 0.2) is 97.7 Å². The van der Waals surface area contributed by atoms with Crippen LogP contribution in [0.3, 0.4) is 0 Å². The van der Waals surface area contributed by atoms with Gasteiger partial charge in [0.1, 0.15) is 17.4 Å². The molecule has 6 heterocycles. The van der Waals surface area contributed by atoms with Crippen molar-refractivity contribution in [3.8, 4) is 39.4 Å². The molecule has 3 atom stereocenters. The van der Waals surface area contributed by atoms with Gasteiger partial charge in [-0.05, 0) is 29.3 Å². The predicted octanol–water partition coefficient (Wildman–Crippen LogP) is 4.40. The maximum absolute atomic E-state index is 14.0. The van der Waals surface area contributed by atoms with Crippen LogP contribution < -0.4 is 10.2 Å². The van der Waals surface area contributed by atoms with E-state index in [2.05, 4.69) is 38.6 Å². The lowest BCUT2D eigenvalue weighted by Crippen LogP contribution is -2.73. The van der Waals surface area contributed by atoms with Crippen molar-refractivity contribution < 1.29 is 14.6 Å². The third kappa shape index (κ3) is 4.37. The molecule has 0 saturated carbocycles. The molecule has 2 aromatic carbocycles. The minimum atomic E-state index is -0.943. The number of aromatic nitrogens is 5. The van der Waals surface area contributed by atoms with E-state index in [4.69, 9.17) is 9.72 Å². The molecule has 50 heavy (non-hydrogen) atoms. The molecule has 248 valence electrons. The standard InChI is InChI=1S/C38H33N9O3/c1-44-18-26(17-42-44)24-13-31(34-25(14-39)16-43-47(34)19-24)23-11-12-33(40-15-23)46-20-32-36(46)38(22-48,21-41-32)45(2)37(49)50-35-29-9-5-3-7-27(29)28-8-4-6-10-30(28)35/h3-13,15-19,32,35-36,41,48H,20-22H2,1-2H3/t32-,36+,38?/m0/s1. The molecule has 9 rings (SSSR count). The zero-order chi connectivity index (χ0) is 34.1. The molecule has 3 aliphatic rings. The van der Waals surface area contributed by atoms with Crippen molar-refractivity contribution >= 4 is 17.4 Å². The molecule has 12 nitrogen and oxygen atoms in total. The summed E-state index contributed by atoms with van der Waals surface area (Å²) in [6.07, 6.45) is 7.96. The van der Waals surface area contributed by atoms with Crippen molar-refractivity contribution in [2.75, 3.05) is 31.6 Å². The first-order valence-corrected chi connectivity index (χ1v) is 16.5. The van der Waals surface area contributed by atoms with E-state index in [0.717, 1.165) is 50.3 Å². The predicted molar refractivity (Wildman–Crippen MR) is 186 cm³/mol. The number of pyridine rings is 2. The van der Waals surface area contributed by atoms with Gasteiger partial charge in [-0.25, -0.2) is 14.3 Å². The van der Waals surface area contributed by atoms with Gasteiger partial charge in [0.25, 0.3) is 0 Å². The summed E-state index contributed by atoms with van der Waals surface area (Å²) in [7, 11) is 3.58. The van der Waals surface area contributed by atoms with Crippen LogP contribution in [0, 0.1) is 11.3 Å². The molecule has 4 aromatic heterocycles. The first-order valence-electron chi connectivity index (χ1n) is 16.5. The van der Waals surface area contributed by atoms with Crippen LogP contribution in [0.4, 0.5) is 10.6 Å². The van der Waals surface area contributed by atoms with Crippen LogP contribution in [-0.2, 0) is 11.8 Å². The van der Waals surface area contributed by atoms with Crippen LogP contribution in [-0.4, -0.2) is 84.8 Å². The van der Waals surface area contributed by atoms with Gasteiger partial charge in [-0.1, -0.05) is 48.5 Å². The van der Waals surface area contributed by atoms with Gasteiger partial charge in [0, 0.05) is 85.2 Å². The van der Waals surface area contributed by atoms with Crippen LogP contribution in [0.2, 0.25) is 0 Å².